The number of aromatic amines is 1. The molecule has 1 aromatic heterocycles. The average Bonchev–Trinajstić information content (AvgIpc) is 2.86. The molecule has 19 heavy (non-hydrogen) atoms. The van der Waals surface area contributed by atoms with Crippen molar-refractivity contribution < 1.29 is 4.79 Å². The second-order valence-electron chi connectivity index (χ2n) is 4.40. The van der Waals surface area contributed by atoms with E-state index in [0.29, 0.717) is 5.56 Å². The highest BCUT2D eigenvalue weighted by atomic mass is 16.1. The molecular formula is C15H13N3O. The number of nitrogens with zero attached hydrogens (tertiary/aromatic N) is 1. The number of hydrogen-bond donors (Lipinski definition) is 2. The van der Waals surface area contributed by atoms with Gasteiger partial charge in [-0.3, -0.25) is 4.79 Å². The lowest BCUT2D eigenvalue weighted by atomic mass is 10.1. The molecule has 0 saturated carbocycles. The van der Waals surface area contributed by atoms with Crippen LogP contribution in [-0.2, 0) is 0 Å². The summed E-state index contributed by atoms with van der Waals surface area (Å²) in [4.78, 5) is 19.3. The molecule has 0 aliphatic carbocycles. The summed E-state index contributed by atoms with van der Waals surface area (Å²) in [6.45, 7) is 1.92. The zero-order chi connectivity index (χ0) is 13.2. The molecule has 0 radical (unpaired) electrons. The number of hydrogen-bond acceptors (Lipinski definition) is 2. The van der Waals surface area contributed by atoms with Crippen molar-refractivity contribution in [1.82, 2.24) is 9.97 Å². The topological polar surface area (TPSA) is 57.8 Å². The molecule has 4 heteroatoms. The molecule has 2 N–H and O–H groups in total. The monoisotopic (exact) mass is 251 g/mol. The number of amides is 1. The van der Waals surface area contributed by atoms with Crippen LogP contribution >= 0.6 is 0 Å². The van der Waals surface area contributed by atoms with E-state index < -0.39 is 0 Å². The summed E-state index contributed by atoms with van der Waals surface area (Å²) in [6, 6.07) is 13.1. The predicted molar refractivity (Wildman–Crippen MR) is 75.2 cm³/mol. The number of benzene rings is 2. The summed E-state index contributed by atoms with van der Waals surface area (Å²) in [7, 11) is 0. The number of carbonyl (C=O) groups excluding carboxylic acids is 1. The molecule has 4 nitrogen and oxygen atoms in total. The van der Waals surface area contributed by atoms with Gasteiger partial charge in [0, 0.05) is 11.3 Å². The van der Waals surface area contributed by atoms with Crippen molar-refractivity contribution in [3.63, 3.8) is 0 Å². The van der Waals surface area contributed by atoms with Crippen LogP contribution in [0.15, 0.2) is 48.8 Å². The second kappa shape index (κ2) is 4.57. The van der Waals surface area contributed by atoms with E-state index in [2.05, 4.69) is 15.3 Å². The van der Waals surface area contributed by atoms with E-state index >= 15 is 0 Å². The Bertz CT molecular complexity index is 746. The van der Waals surface area contributed by atoms with Crippen LogP contribution in [0.2, 0.25) is 0 Å². The van der Waals surface area contributed by atoms with Crippen molar-refractivity contribution in [3.05, 3.63) is 59.9 Å². The molecule has 0 aliphatic rings. The highest BCUT2D eigenvalue weighted by molar-refractivity contribution is 6.05. The standard InChI is InChI=1S/C15H13N3O/c1-10-4-2-3-5-12(10)15(19)18-11-6-7-13-14(8-11)17-9-16-13/h2-9H,1H3,(H,16,17)(H,18,19). The Morgan fingerprint density at radius 3 is 2.89 bits per heavy atom. The zero-order valence-electron chi connectivity index (χ0n) is 10.5. The van der Waals surface area contributed by atoms with Gasteiger partial charge in [-0.05, 0) is 36.8 Å². The molecule has 0 saturated heterocycles. The number of nitrogens with one attached hydrogen (secondary N) is 2. The van der Waals surface area contributed by atoms with Crippen LogP contribution in [0.3, 0.4) is 0 Å². The van der Waals surface area contributed by atoms with Crippen LogP contribution < -0.4 is 5.32 Å². The number of aryl methyl sites for hydroxylation is 1. The smallest absolute Gasteiger partial charge is 0.255 e. The van der Waals surface area contributed by atoms with Gasteiger partial charge in [0.1, 0.15) is 0 Å². The summed E-state index contributed by atoms with van der Waals surface area (Å²) in [6.07, 6.45) is 1.64. The maximum atomic E-state index is 12.2. The molecule has 0 spiro atoms. The van der Waals surface area contributed by atoms with Gasteiger partial charge in [-0.25, -0.2) is 4.98 Å². The van der Waals surface area contributed by atoms with Crippen molar-refractivity contribution >= 4 is 22.6 Å². The number of carbonyl (C=O) groups is 1. The van der Waals surface area contributed by atoms with Crippen LogP contribution in [-0.4, -0.2) is 15.9 Å². The maximum Gasteiger partial charge on any atom is 0.255 e. The molecule has 3 rings (SSSR count). The minimum Gasteiger partial charge on any atom is -0.345 e. The normalized spacial score (nSPS) is 10.6. The fourth-order valence-corrected chi connectivity index (χ4v) is 2.04. The minimum atomic E-state index is -0.100. The van der Waals surface area contributed by atoms with Crippen LogP contribution in [0.1, 0.15) is 15.9 Å². The Labute approximate surface area is 110 Å². The molecule has 3 aromatic rings. The number of aromatic nitrogens is 2. The van der Waals surface area contributed by atoms with Gasteiger partial charge >= 0.3 is 0 Å². The van der Waals surface area contributed by atoms with E-state index in [0.717, 1.165) is 22.3 Å². The Kier molecular flexibility index (Phi) is 2.76. The van der Waals surface area contributed by atoms with Crippen molar-refractivity contribution in [2.75, 3.05) is 5.32 Å². The fraction of sp³-hybridized carbons (Fsp3) is 0.0667. The van der Waals surface area contributed by atoms with E-state index in [1.165, 1.54) is 0 Å². The van der Waals surface area contributed by atoms with Crippen LogP contribution in [0.5, 0.6) is 0 Å². The van der Waals surface area contributed by atoms with Crippen molar-refractivity contribution in [3.8, 4) is 0 Å². The number of rotatable bonds is 2. The van der Waals surface area contributed by atoms with Crippen molar-refractivity contribution in [1.29, 1.82) is 0 Å². The number of fused-ring (bicyclic) bond motifs is 1. The van der Waals surface area contributed by atoms with E-state index in [4.69, 9.17) is 0 Å². The lowest BCUT2D eigenvalue weighted by molar-refractivity contribution is 0.102. The third-order valence-corrected chi connectivity index (χ3v) is 3.07. The van der Waals surface area contributed by atoms with Crippen molar-refractivity contribution in [2.45, 2.75) is 6.92 Å². The first-order valence-corrected chi connectivity index (χ1v) is 6.04. The summed E-state index contributed by atoms with van der Waals surface area (Å²) in [5, 5.41) is 2.89. The Morgan fingerprint density at radius 2 is 2.05 bits per heavy atom. The van der Waals surface area contributed by atoms with Gasteiger partial charge in [0.2, 0.25) is 0 Å². The molecule has 0 bridgehead atoms. The first kappa shape index (κ1) is 11.5. The molecule has 1 amide bonds. The molecule has 0 aliphatic heterocycles. The molecule has 94 valence electrons. The lowest BCUT2D eigenvalue weighted by Crippen LogP contribution is -2.13. The fourth-order valence-electron chi connectivity index (χ4n) is 2.04. The number of H-pyrrole nitrogens is 1. The van der Waals surface area contributed by atoms with Crippen molar-refractivity contribution in [2.24, 2.45) is 0 Å². The van der Waals surface area contributed by atoms with Gasteiger partial charge in [0.15, 0.2) is 0 Å². The van der Waals surface area contributed by atoms with E-state index in [9.17, 15) is 4.79 Å². The highest BCUT2D eigenvalue weighted by Crippen LogP contribution is 2.17. The van der Waals surface area contributed by atoms with Gasteiger partial charge in [0.25, 0.3) is 5.91 Å². The van der Waals surface area contributed by atoms with Crippen LogP contribution in [0.25, 0.3) is 11.0 Å². The molecule has 0 atom stereocenters. The van der Waals surface area contributed by atoms with Crippen LogP contribution in [0.4, 0.5) is 5.69 Å². The molecule has 1 heterocycles. The van der Waals surface area contributed by atoms with Gasteiger partial charge in [-0.2, -0.15) is 0 Å². The minimum absolute atomic E-state index is 0.100. The maximum absolute atomic E-state index is 12.2. The van der Waals surface area contributed by atoms with Gasteiger partial charge < -0.3 is 10.3 Å². The zero-order valence-corrected chi connectivity index (χ0v) is 10.5. The molecule has 2 aromatic carbocycles. The second-order valence-corrected chi connectivity index (χ2v) is 4.40. The van der Waals surface area contributed by atoms with Gasteiger partial charge in [0.05, 0.1) is 17.4 Å². The first-order valence-electron chi connectivity index (χ1n) is 6.04. The highest BCUT2D eigenvalue weighted by Gasteiger charge is 2.08. The molecule has 0 fully saturated rings. The Hall–Kier alpha value is -2.62. The summed E-state index contributed by atoms with van der Waals surface area (Å²) in [5.41, 5.74) is 4.19. The number of imidazole rings is 1. The summed E-state index contributed by atoms with van der Waals surface area (Å²) in [5.74, 6) is -0.100. The Balaban J connectivity index is 1.88. The van der Waals surface area contributed by atoms with E-state index in [1.807, 2.05) is 49.4 Å². The molecular weight excluding hydrogens is 238 g/mol. The lowest BCUT2D eigenvalue weighted by Gasteiger charge is -2.07. The predicted octanol–water partition coefficient (Wildman–Crippen LogP) is 3.12. The van der Waals surface area contributed by atoms with Gasteiger partial charge in [-0.1, -0.05) is 18.2 Å². The summed E-state index contributed by atoms with van der Waals surface area (Å²) < 4.78 is 0. The average molecular weight is 251 g/mol. The van der Waals surface area contributed by atoms with E-state index in [1.54, 1.807) is 6.33 Å². The third kappa shape index (κ3) is 2.20. The SMILES string of the molecule is Cc1ccccc1C(=O)Nc1ccc2nc[nH]c2c1. The quantitative estimate of drug-likeness (QED) is 0.735. The van der Waals surface area contributed by atoms with Crippen LogP contribution in [0, 0.1) is 6.92 Å². The summed E-state index contributed by atoms with van der Waals surface area (Å²) >= 11 is 0. The van der Waals surface area contributed by atoms with Gasteiger partial charge in [-0.15, -0.1) is 0 Å². The first-order chi connectivity index (χ1) is 9.24. The molecule has 0 unspecified atom stereocenters. The number of anilines is 1. The largest absolute Gasteiger partial charge is 0.345 e. The Morgan fingerprint density at radius 1 is 1.21 bits per heavy atom. The van der Waals surface area contributed by atoms with E-state index in [-0.39, 0.29) is 5.91 Å². The third-order valence-electron chi connectivity index (χ3n) is 3.07.